The first-order valence-electron chi connectivity index (χ1n) is 7.76. The monoisotopic (exact) mass is 358 g/mol. The molecule has 6 nitrogen and oxygen atoms in total. The zero-order valence-electron chi connectivity index (χ0n) is 13.6. The van der Waals surface area contributed by atoms with E-state index >= 15 is 0 Å². The van der Waals surface area contributed by atoms with Crippen LogP contribution in [0.4, 0.5) is 0 Å². The Bertz CT molecular complexity index is 773. The van der Waals surface area contributed by atoms with Crippen LogP contribution in [0.2, 0.25) is 0 Å². The molecule has 7 heteroatoms. The fourth-order valence-corrected chi connectivity index (χ4v) is 3.13. The lowest BCUT2D eigenvalue weighted by molar-refractivity contribution is -0.130. The lowest BCUT2D eigenvalue weighted by Gasteiger charge is -2.20. The quantitative estimate of drug-likeness (QED) is 0.772. The molecule has 2 heterocycles. The van der Waals surface area contributed by atoms with E-state index < -0.39 is 0 Å². The third kappa shape index (κ3) is 4.19. The Hall–Kier alpha value is -2.80. The number of fused-ring (bicyclic) bond motifs is 1. The third-order valence-corrected chi connectivity index (χ3v) is 4.53. The van der Waals surface area contributed by atoms with Gasteiger partial charge in [0.1, 0.15) is 0 Å². The van der Waals surface area contributed by atoms with Gasteiger partial charge in [-0.15, -0.1) is 17.9 Å². The second-order valence-electron chi connectivity index (χ2n) is 5.39. The lowest BCUT2D eigenvalue weighted by atomic mass is 10.2. The van der Waals surface area contributed by atoms with Crippen molar-refractivity contribution in [1.82, 2.24) is 10.2 Å². The molecule has 2 aromatic rings. The van der Waals surface area contributed by atoms with Crippen LogP contribution >= 0.6 is 11.3 Å². The largest absolute Gasteiger partial charge is 0.454 e. The van der Waals surface area contributed by atoms with Crippen molar-refractivity contribution in [1.29, 1.82) is 0 Å². The summed E-state index contributed by atoms with van der Waals surface area (Å²) < 4.78 is 10.5. The minimum Gasteiger partial charge on any atom is -0.454 e. The molecule has 3 rings (SSSR count). The van der Waals surface area contributed by atoms with Gasteiger partial charge in [-0.3, -0.25) is 9.59 Å². The summed E-state index contributed by atoms with van der Waals surface area (Å²) in [5.41, 5.74) is 0.422. The normalized spacial score (nSPS) is 11.8. The van der Waals surface area contributed by atoms with Crippen molar-refractivity contribution < 1.29 is 19.1 Å². The zero-order valence-corrected chi connectivity index (χ0v) is 14.4. The fraction of sp³-hybridized carbons (Fsp3) is 0.222. The molecule has 130 valence electrons. The first-order chi connectivity index (χ1) is 12.2. The molecular formula is C18H18N2O4S. The standard InChI is InChI=1S/C18H18N2O4S/c1-2-7-20(11-14-4-3-8-25-14)17(21)10-19-18(22)13-5-6-15-16(9-13)24-12-23-15/h2-6,8-9H,1,7,10-12H2,(H,19,22). The van der Waals surface area contributed by atoms with Crippen molar-refractivity contribution in [3.8, 4) is 11.5 Å². The van der Waals surface area contributed by atoms with Gasteiger partial charge < -0.3 is 19.7 Å². The molecular weight excluding hydrogens is 340 g/mol. The van der Waals surface area contributed by atoms with Crippen molar-refractivity contribution in [2.75, 3.05) is 19.9 Å². The number of amides is 2. The number of thiophene rings is 1. The number of benzene rings is 1. The highest BCUT2D eigenvalue weighted by Gasteiger charge is 2.18. The van der Waals surface area contributed by atoms with Crippen LogP contribution in [0.25, 0.3) is 0 Å². The van der Waals surface area contributed by atoms with E-state index in [4.69, 9.17) is 9.47 Å². The average Bonchev–Trinajstić information content (AvgIpc) is 3.29. The van der Waals surface area contributed by atoms with Gasteiger partial charge in [0.15, 0.2) is 11.5 Å². The van der Waals surface area contributed by atoms with E-state index in [1.54, 1.807) is 40.5 Å². The Balaban J connectivity index is 1.58. The summed E-state index contributed by atoms with van der Waals surface area (Å²) in [6, 6.07) is 8.84. The van der Waals surface area contributed by atoms with Gasteiger partial charge in [-0.1, -0.05) is 12.1 Å². The third-order valence-electron chi connectivity index (χ3n) is 3.66. The Morgan fingerprint density at radius 3 is 2.88 bits per heavy atom. The summed E-state index contributed by atoms with van der Waals surface area (Å²) in [5.74, 6) is 0.648. The molecule has 1 N–H and O–H groups in total. The number of carbonyl (C=O) groups is 2. The zero-order chi connectivity index (χ0) is 17.6. The molecule has 0 fully saturated rings. The Labute approximate surface area is 149 Å². The molecule has 0 saturated carbocycles. The molecule has 0 saturated heterocycles. The predicted molar refractivity (Wildman–Crippen MR) is 94.8 cm³/mol. The molecule has 2 amide bonds. The van der Waals surface area contributed by atoms with E-state index in [9.17, 15) is 9.59 Å². The number of hydrogen-bond acceptors (Lipinski definition) is 5. The summed E-state index contributed by atoms with van der Waals surface area (Å²) in [4.78, 5) is 27.4. The van der Waals surface area contributed by atoms with Gasteiger partial charge in [0.2, 0.25) is 12.7 Å². The number of hydrogen-bond donors (Lipinski definition) is 1. The van der Waals surface area contributed by atoms with Gasteiger partial charge in [0.05, 0.1) is 13.1 Å². The lowest BCUT2D eigenvalue weighted by Crippen LogP contribution is -2.39. The summed E-state index contributed by atoms with van der Waals surface area (Å²) in [5, 5.41) is 4.62. The van der Waals surface area contributed by atoms with E-state index in [0.717, 1.165) is 4.88 Å². The number of ether oxygens (including phenoxy) is 2. The first kappa shape index (κ1) is 17.0. The fourth-order valence-electron chi connectivity index (χ4n) is 2.41. The van der Waals surface area contributed by atoms with Gasteiger partial charge in [-0.25, -0.2) is 0 Å². The van der Waals surface area contributed by atoms with Crippen LogP contribution in [0, 0.1) is 0 Å². The SMILES string of the molecule is C=CCN(Cc1cccs1)C(=O)CNC(=O)c1ccc2c(c1)OCO2. The Morgan fingerprint density at radius 1 is 1.28 bits per heavy atom. The molecule has 1 aliphatic rings. The number of carbonyl (C=O) groups excluding carboxylic acids is 2. The maximum Gasteiger partial charge on any atom is 0.251 e. The van der Waals surface area contributed by atoms with Gasteiger partial charge in [-0.2, -0.15) is 0 Å². The minimum absolute atomic E-state index is 0.0769. The minimum atomic E-state index is -0.332. The Morgan fingerprint density at radius 2 is 2.12 bits per heavy atom. The van der Waals surface area contributed by atoms with Crippen LogP contribution in [-0.2, 0) is 11.3 Å². The molecule has 1 aromatic carbocycles. The number of nitrogens with zero attached hydrogens (tertiary/aromatic N) is 1. The van der Waals surface area contributed by atoms with Crippen LogP contribution in [0.3, 0.4) is 0 Å². The summed E-state index contributed by atoms with van der Waals surface area (Å²) in [6.45, 7) is 4.69. The van der Waals surface area contributed by atoms with Crippen LogP contribution in [0.5, 0.6) is 11.5 Å². The topological polar surface area (TPSA) is 67.9 Å². The van der Waals surface area contributed by atoms with E-state index in [1.807, 2.05) is 17.5 Å². The van der Waals surface area contributed by atoms with Crippen molar-refractivity contribution in [2.24, 2.45) is 0 Å². The molecule has 0 bridgehead atoms. The maximum atomic E-state index is 12.4. The van der Waals surface area contributed by atoms with Gasteiger partial charge in [-0.05, 0) is 29.6 Å². The van der Waals surface area contributed by atoms with E-state index in [1.165, 1.54) is 0 Å². The van der Waals surface area contributed by atoms with E-state index in [-0.39, 0.29) is 25.2 Å². The molecule has 0 unspecified atom stereocenters. The second kappa shape index (κ2) is 7.85. The number of rotatable bonds is 7. The van der Waals surface area contributed by atoms with Crippen molar-refractivity contribution >= 4 is 23.2 Å². The van der Waals surface area contributed by atoms with E-state index in [0.29, 0.717) is 30.2 Å². The summed E-state index contributed by atoms with van der Waals surface area (Å²) in [6.07, 6.45) is 1.67. The molecule has 0 aliphatic carbocycles. The molecule has 0 atom stereocenters. The first-order valence-corrected chi connectivity index (χ1v) is 8.64. The number of nitrogens with one attached hydrogen (secondary N) is 1. The van der Waals surface area contributed by atoms with E-state index in [2.05, 4.69) is 11.9 Å². The molecule has 1 aliphatic heterocycles. The highest BCUT2D eigenvalue weighted by Crippen LogP contribution is 2.32. The van der Waals surface area contributed by atoms with Crippen molar-refractivity contribution in [3.05, 3.63) is 58.8 Å². The summed E-state index contributed by atoms with van der Waals surface area (Å²) >= 11 is 1.59. The van der Waals surface area contributed by atoms with Gasteiger partial charge in [0, 0.05) is 17.0 Å². The van der Waals surface area contributed by atoms with Gasteiger partial charge in [0.25, 0.3) is 5.91 Å². The Kier molecular flexibility index (Phi) is 5.35. The average molecular weight is 358 g/mol. The van der Waals surface area contributed by atoms with Crippen molar-refractivity contribution in [3.63, 3.8) is 0 Å². The van der Waals surface area contributed by atoms with Crippen molar-refractivity contribution in [2.45, 2.75) is 6.54 Å². The molecule has 0 radical (unpaired) electrons. The van der Waals surface area contributed by atoms with Crippen LogP contribution in [-0.4, -0.2) is 36.6 Å². The molecule has 1 aromatic heterocycles. The summed E-state index contributed by atoms with van der Waals surface area (Å²) in [7, 11) is 0. The molecule has 25 heavy (non-hydrogen) atoms. The van der Waals surface area contributed by atoms with Crippen LogP contribution in [0.15, 0.2) is 48.4 Å². The smallest absolute Gasteiger partial charge is 0.251 e. The second-order valence-corrected chi connectivity index (χ2v) is 6.43. The highest BCUT2D eigenvalue weighted by molar-refractivity contribution is 7.09. The predicted octanol–water partition coefficient (Wildman–Crippen LogP) is 2.42. The molecule has 0 spiro atoms. The van der Waals surface area contributed by atoms with Crippen LogP contribution < -0.4 is 14.8 Å². The van der Waals surface area contributed by atoms with Gasteiger partial charge >= 0.3 is 0 Å². The van der Waals surface area contributed by atoms with Crippen LogP contribution in [0.1, 0.15) is 15.2 Å². The maximum absolute atomic E-state index is 12.4. The highest BCUT2D eigenvalue weighted by atomic mass is 32.1.